The molecule has 0 aliphatic carbocycles. The van der Waals surface area contributed by atoms with Crippen LogP contribution in [0.3, 0.4) is 0 Å². The first-order chi connectivity index (χ1) is 11.0. The van der Waals surface area contributed by atoms with Crippen molar-refractivity contribution in [2.24, 2.45) is 11.1 Å². The maximum absolute atomic E-state index is 11.2. The van der Waals surface area contributed by atoms with Crippen molar-refractivity contribution >= 4 is 27.6 Å². The smallest absolute Gasteiger partial charge is 0.354 e. The summed E-state index contributed by atoms with van der Waals surface area (Å²) in [4.78, 5) is 16.6. The maximum Gasteiger partial charge on any atom is 0.354 e. The highest BCUT2D eigenvalue weighted by atomic mass is 79.9. The Kier molecular flexibility index (Phi) is 3.97. The van der Waals surface area contributed by atoms with Crippen molar-refractivity contribution in [2.75, 3.05) is 21.0 Å². The van der Waals surface area contributed by atoms with Gasteiger partial charge >= 0.3 is 5.97 Å². The van der Waals surface area contributed by atoms with Gasteiger partial charge in [0.05, 0.1) is 30.2 Å². The van der Waals surface area contributed by atoms with Crippen LogP contribution in [-0.2, 0) is 9.63 Å². The molecule has 1 aromatic carbocycles. The number of carbonyl (C=O) groups is 1. The van der Waals surface area contributed by atoms with Gasteiger partial charge in [-0.1, -0.05) is 12.1 Å². The number of carboxylic acid groups (broad SMARTS) is 1. The lowest BCUT2D eigenvalue weighted by Gasteiger charge is -2.21. The number of halogens is 1. The molecule has 2 aliphatic heterocycles. The quantitative estimate of drug-likeness (QED) is 0.846. The molecule has 2 atom stereocenters. The third-order valence-corrected chi connectivity index (χ3v) is 4.55. The molecule has 0 saturated heterocycles. The Balaban J connectivity index is 2.15. The van der Waals surface area contributed by atoms with Gasteiger partial charge in [-0.3, -0.25) is 0 Å². The van der Waals surface area contributed by atoms with E-state index in [9.17, 15) is 9.90 Å². The Labute approximate surface area is 140 Å². The summed E-state index contributed by atoms with van der Waals surface area (Å²) < 4.78 is 22.3. The summed E-state index contributed by atoms with van der Waals surface area (Å²) in [5, 5.41) is 12.8. The highest BCUT2D eigenvalue weighted by Gasteiger charge is 2.42. The van der Waals surface area contributed by atoms with E-state index >= 15 is 0 Å². The van der Waals surface area contributed by atoms with Gasteiger partial charge in [0.15, 0.2) is 23.3 Å². The topological polar surface area (TPSA) is 95.8 Å². The Hall–Kier alpha value is -2.16. The maximum atomic E-state index is 11.2. The fourth-order valence-corrected chi connectivity index (χ4v) is 3.37. The SMILES string of the molecule is COc1c2c(c(Br)c([C@@H]3ON=C(C(=O)O)[C@H]3C)c1OC)OCO2. The zero-order valence-corrected chi connectivity index (χ0v) is 14.2. The van der Waals surface area contributed by atoms with E-state index in [1.165, 1.54) is 14.2 Å². The number of aliphatic carboxylic acids is 1. The van der Waals surface area contributed by atoms with Crippen LogP contribution < -0.4 is 18.9 Å². The van der Waals surface area contributed by atoms with Crippen LogP contribution in [0.25, 0.3) is 0 Å². The number of benzene rings is 1. The molecule has 8 nitrogen and oxygen atoms in total. The molecule has 0 spiro atoms. The van der Waals surface area contributed by atoms with Crippen LogP contribution in [-0.4, -0.2) is 37.8 Å². The molecule has 23 heavy (non-hydrogen) atoms. The molecule has 1 N–H and O–H groups in total. The number of nitrogens with zero attached hydrogens (tertiary/aromatic N) is 1. The standard InChI is InChI=1S/C14H14BrNO7/c1-5-8(14(17)18)16-23-9(5)6-7(15)11-13(22-4-21-11)12(20-3)10(6)19-2/h5,9H,4H2,1-3H3,(H,17,18)/t5-,9-/m1/s1. The molecular weight excluding hydrogens is 374 g/mol. The van der Waals surface area contributed by atoms with Crippen LogP contribution in [0.1, 0.15) is 18.6 Å². The molecular formula is C14H14BrNO7. The van der Waals surface area contributed by atoms with Gasteiger partial charge < -0.3 is 28.9 Å². The first-order valence-electron chi connectivity index (χ1n) is 6.71. The van der Waals surface area contributed by atoms with E-state index in [0.29, 0.717) is 33.0 Å². The van der Waals surface area contributed by atoms with Crippen molar-refractivity contribution in [3.63, 3.8) is 0 Å². The van der Waals surface area contributed by atoms with Crippen LogP contribution in [0.15, 0.2) is 9.63 Å². The fraction of sp³-hybridized carbons (Fsp3) is 0.429. The zero-order chi connectivity index (χ0) is 16.7. The second-order valence-corrected chi connectivity index (χ2v) is 5.75. The fourth-order valence-electron chi connectivity index (χ4n) is 2.67. The van der Waals surface area contributed by atoms with Crippen molar-refractivity contribution in [3.8, 4) is 23.0 Å². The molecule has 2 heterocycles. The summed E-state index contributed by atoms with van der Waals surface area (Å²) >= 11 is 3.46. The third kappa shape index (κ3) is 2.26. The minimum absolute atomic E-state index is 0.0505. The average Bonchev–Trinajstić information content (AvgIpc) is 3.14. The molecule has 0 fully saturated rings. The molecule has 0 radical (unpaired) electrons. The first kappa shape index (κ1) is 15.7. The highest BCUT2D eigenvalue weighted by Crippen LogP contribution is 2.57. The van der Waals surface area contributed by atoms with Gasteiger partial charge in [0.1, 0.15) is 0 Å². The van der Waals surface area contributed by atoms with Gasteiger partial charge in [-0.2, -0.15) is 0 Å². The summed E-state index contributed by atoms with van der Waals surface area (Å²) in [6.07, 6.45) is -0.658. The van der Waals surface area contributed by atoms with Crippen molar-refractivity contribution < 1.29 is 33.7 Å². The molecule has 0 unspecified atom stereocenters. The van der Waals surface area contributed by atoms with Crippen LogP contribution in [0.5, 0.6) is 23.0 Å². The molecule has 124 valence electrons. The predicted octanol–water partition coefficient (Wildman–Crippen LogP) is 2.34. The Morgan fingerprint density at radius 2 is 1.91 bits per heavy atom. The van der Waals surface area contributed by atoms with E-state index in [2.05, 4.69) is 21.1 Å². The van der Waals surface area contributed by atoms with Gasteiger partial charge in [-0.25, -0.2) is 4.79 Å². The molecule has 0 amide bonds. The molecule has 1 aromatic rings. The van der Waals surface area contributed by atoms with E-state index in [1.54, 1.807) is 6.92 Å². The van der Waals surface area contributed by atoms with E-state index < -0.39 is 18.0 Å². The number of methoxy groups -OCH3 is 2. The summed E-state index contributed by atoms with van der Waals surface area (Å²) in [6.45, 7) is 1.77. The normalized spacial score (nSPS) is 21.7. The van der Waals surface area contributed by atoms with Gasteiger partial charge in [-0.05, 0) is 15.9 Å². The molecule has 9 heteroatoms. The Morgan fingerprint density at radius 1 is 1.26 bits per heavy atom. The number of oxime groups is 1. The molecule has 0 bridgehead atoms. The minimum atomic E-state index is -1.12. The van der Waals surface area contributed by atoms with Crippen molar-refractivity contribution in [3.05, 3.63) is 10.0 Å². The molecule has 3 rings (SSSR count). The van der Waals surface area contributed by atoms with Crippen LogP contribution >= 0.6 is 15.9 Å². The van der Waals surface area contributed by atoms with Gasteiger partial charge in [0.2, 0.25) is 18.3 Å². The van der Waals surface area contributed by atoms with Crippen LogP contribution in [0.4, 0.5) is 0 Å². The lowest BCUT2D eigenvalue weighted by molar-refractivity contribution is -0.129. The second kappa shape index (κ2) is 5.80. The largest absolute Gasteiger partial charge is 0.492 e. The first-order valence-corrected chi connectivity index (χ1v) is 7.50. The summed E-state index contributed by atoms with van der Waals surface area (Å²) in [5.41, 5.74) is 0.502. The van der Waals surface area contributed by atoms with E-state index in [-0.39, 0.29) is 12.5 Å². The lowest BCUT2D eigenvalue weighted by Crippen LogP contribution is -2.22. The summed E-state index contributed by atoms with van der Waals surface area (Å²) in [5.74, 6) is 0.00731. The molecule has 2 aliphatic rings. The molecule has 0 aromatic heterocycles. The van der Waals surface area contributed by atoms with Crippen molar-refractivity contribution in [1.29, 1.82) is 0 Å². The van der Waals surface area contributed by atoms with E-state index in [4.69, 9.17) is 23.8 Å². The summed E-state index contributed by atoms with van der Waals surface area (Å²) in [6, 6.07) is 0. The van der Waals surface area contributed by atoms with Gasteiger partial charge in [-0.15, -0.1) is 0 Å². The van der Waals surface area contributed by atoms with Crippen molar-refractivity contribution in [2.45, 2.75) is 13.0 Å². The number of hydrogen-bond acceptors (Lipinski definition) is 7. The van der Waals surface area contributed by atoms with Gasteiger partial charge in [0.25, 0.3) is 0 Å². The number of ether oxygens (including phenoxy) is 4. The Bertz CT molecular complexity index is 703. The van der Waals surface area contributed by atoms with Crippen molar-refractivity contribution in [1.82, 2.24) is 0 Å². The predicted molar refractivity (Wildman–Crippen MR) is 81.4 cm³/mol. The monoisotopic (exact) mass is 387 g/mol. The summed E-state index contributed by atoms with van der Waals surface area (Å²) in [7, 11) is 2.96. The zero-order valence-electron chi connectivity index (χ0n) is 12.6. The second-order valence-electron chi connectivity index (χ2n) is 4.96. The number of rotatable bonds is 4. The van der Waals surface area contributed by atoms with Crippen LogP contribution in [0.2, 0.25) is 0 Å². The highest BCUT2D eigenvalue weighted by molar-refractivity contribution is 9.10. The third-order valence-electron chi connectivity index (χ3n) is 3.77. The number of carboxylic acids is 1. The van der Waals surface area contributed by atoms with Crippen LogP contribution in [0, 0.1) is 5.92 Å². The number of fused-ring (bicyclic) bond motifs is 1. The average molecular weight is 388 g/mol. The van der Waals surface area contributed by atoms with E-state index in [1.807, 2.05) is 0 Å². The lowest BCUT2D eigenvalue weighted by atomic mass is 9.92. The molecule has 0 saturated carbocycles. The van der Waals surface area contributed by atoms with E-state index in [0.717, 1.165) is 0 Å². The minimum Gasteiger partial charge on any atom is -0.492 e. The Morgan fingerprint density at radius 3 is 2.48 bits per heavy atom. The van der Waals surface area contributed by atoms with Gasteiger partial charge in [0, 0.05) is 0 Å². The number of hydrogen-bond donors (Lipinski definition) is 1.